The number of benzene rings is 1. The van der Waals surface area contributed by atoms with Gasteiger partial charge >= 0.3 is 0 Å². The van der Waals surface area contributed by atoms with E-state index in [0.717, 1.165) is 80.2 Å². The Morgan fingerprint density at radius 3 is 2.34 bits per heavy atom. The van der Waals surface area contributed by atoms with E-state index in [9.17, 15) is 4.79 Å². The first kappa shape index (κ1) is 22.8. The number of rotatable bonds is 4. The third-order valence-electron chi connectivity index (χ3n) is 8.07. The van der Waals surface area contributed by atoms with E-state index in [4.69, 9.17) is 26.7 Å². The molecule has 3 heterocycles. The van der Waals surface area contributed by atoms with Crippen molar-refractivity contribution in [2.45, 2.75) is 63.7 Å². The zero-order chi connectivity index (χ0) is 23.8. The summed E-state index contributed by atoms with van der Waals surface area (Å²) in [5.74, 6) is 2.84. The Kier molecular flexibility index (Phi) is 6.35. The Labute approximate surface area is 211 Å². The van der Waals surface area contributed by atoms with Gasteiger partial charge in [0.05, 0.1) is 22.3 Å². The maximum absolute atomic E-state index is 13.0. The molecule has 3 aromatic rings. The van der Waals surface area contributed by atoms with E-state index in [1.165, 1.54) is 32.1 Å². The maximum Gasteiger partial charge on any atom is 0.225 e. The number of para-hydroxylation sites is 1. The Morgan fingerprint density at radius 2 is 1.60 bits per heavy atom. The molecule has 0 radical (unpaired) electrons. The van der Waals surface area contributed by atoms with Gasteiger partial charge < -0.3 is 9.80 Å². The standard InChI is InChI=1S/C27H33ClN6O/c28-22-12-6-7-13-23(22)34-26-21(18-29-34)25(30-24(31-26)19-8-2-1-3-9-19)32-14-16-33(17-15-32)27(35)20-10-4-5-11-20/h6-7,12-13,18-20H,1-5,8-11,14-17H2. The maximum atomic E-state index is 13.0. The molecule has 0 unspecified atom stereocenters. The second kappa shape index (κ2) is 9.76. The van der Waals surface area contributed by atoms with Crippen LogP contribution in [-0.4, -0.2) is 56.7 Å². The van der Waals surface area contributed by atoms with Crippen LogP contribution in [0, 0.1) is 5.92 Å². The van der Waals surface area contributed by atoms with Crippen LogP contribution >= 0.6 is 11.6 Å². The Balaban J connectivity index is 1.34. The van der Waals surface area contributed by atoms with Crippen LogP contribution in [0.4, 0.5) is 5.82 Å². The molecule has 2 aromatic heterocycles. The molecule has 3 fully saturated rings. The molecule has 0 atom stereocenters. The fraction of sp³-hybridized carbons (Fsp3) is 0.556. The van der Waals surface area contributed by atoms with Crippen LogP contribution in [0.1, 0.15) is 69.5 Å². The van der Waals surface area contributed by atoms with Crippen molar-refractivity contribution in [3.8, 4) is 5.69 Å². The molecule has 6 rings (SSSR count). The van der Waals surface area contributed by atoms with E-state index in [1.54, 1.807) is 0 Å². The van der Waals surface area contributed by atoms with Crippen molar-refractivity contribution in [3.63, 3.8) is 0 Å². The third kappa shape index (κ3) is 4.39. The van der Waals surface area contributed by atoms with Gasteiger partial charge in [0.15, 0.2) is 5.65 Å². The molecule has 8 heteroatoms. The highest BCUT2D eigenvalue weighted by atomic mass is 35.5. The normalized spacial score (nSPS) is 20.1. The quantitative estimate of drug-likeness (QED) is 0.490. The minimum absolute atomic E-state index is 0.235. The number of nitrogens with zero attached hydrogens (tertiary/aromatic N) is 6. The highest BCUT2D eigenvalue weighted by Gasteiger charge is 2.31. The second-order valence-corrected chi connectivity index (χ2v) is 10.7. The fourth-order valence-corrected chi connectivity index (χ4v) is 6.28. The predicted molar refractivity (Wildman–Crippen MR) is 138 cm³/mol. The summed E-state index contributed by atoms with van der Waals surface area (Å²) in [5, 5.41) is 6.30. The van der Waals surface area contributed by atoms with Gasteiger partial charge in [-0.05, 0) is 37.8 Å². The van der Waals surface area contributed by atoms with Gasteiger partial charge in [-0.15, -0.1) is 0 Å². The molecule has 1 aliphatic heterocycles. The van der Waals surface area contributed by atoms with Crippen LogP contribution < -0.4 is 4.90 Å². The number of carbonyl (C=O) groups excluding carboxylic acids is 1. The van der Waals surface area contributed by atoms with Gasteiger partial charge in [0, 0.05) is 38.0 Å². The van der Waals surface area contributed by atoms with Crippen molar-refractivity contribution in [1.29, 1.82) is 0 Å². The Morgan fingerprint density at radius 1 is 0.886 bits per heavy atom. The number of halogens is 1. The van der Waals surface area contributed by atoms with Crippen LogP contribution in [0.25, 0.3) is 16.7 Å². The zero-order valence-electron chi connectivity index (χ0n) is 20.2. The van der Waals surface area contributed by atoms with Gasteiger partial charge in [-0.3, -0.25) is 4.79 Å². The van der Waals surface area contributed by atoms with Crippen molar-refractivity contribution < 1.29 is 4.79 Å². The molecule has 2 aliphatic carbocycles. The fourth-order valence-electron chi connectivity index (χ4n) is 6.06. The van der Waals surface area contributed by atoms with Crippen molar-refractivity contribution in [1.82, 2.24) is 24.6 Å². The lowest BCUT2D eigenvalue weighted by molar-refractivity contribution is -0.135. The van der Waals surface area contributed by atoms with Gasteiger partial charge in [-0.1, -0.05) is 55.8 Å². The molecule has 1 saturated heterocycles. The topological polar surface area (TPSA) is 67.2 Å². The number of aromatic nitrogens is 4. The second-order valence-electron chi connectivity index (χ2n) is 10.3. The lowest BCUT2D eigenvalue weighted by Gasteiger charge is -2.37. The van der Waals surface area contributed by atoms with Crippen molar-refractivity contribution in [3.05, 3.63) is 41.3 Å². The minimum atomic E-state index is 0.235. The van der Waals surface area contributed by atoms with Crippen LogP contribution in [0.2, 0.25) is 5.02 Å². The Bertz CT molecular complexity index is 1210. The van der Waals surface area contributed by atoms with Gasteiger partial charge in [-0.25, -0.2) is 14.6 Å². The van der Waals surface area contributed by atoms with E-state index >= 15 is 0 Å². The molecular formula is C27H33ClN6O. The monoisotopic (exact) mass is 492 g/mol. The van der Waals surface area contributed by atoms with E-state index in [0.29, 0.717) is 16.8 Å². The molecule has 1 aromatic carbocycles. The number of piperazine rings is 1. The molecule has 7 nitrogen and oxygen atoms in total. The molecule has 35 heavy (non-hydrogen) atoms. The summed E-state index contributed by atoms with van der Waals surface area (Å²) in [6, 6.07) is 7.76. The number of amides is 1. The predicted octanol–water partition coefficient (Wildman–Crippen LogP) is 5.36. The summed E-state index contributed by atoms with van der Waals surface area (Å²) in [5.41, 5.74) is 1.64. The Hall–Kier alpha value is -2.67. The lowest BCUT2D eigenvalue weighted by Crippen LogP contribution is -2.50. The highest BCUT2D eigenvalue weighted by Crippen LogP contribution is 2.35. The van der Waals surface area contributed by atoms with E-state index in [-0.39, 0.29) is 5.92 Å². The average molecular weight is 493 g/mol. The molecule has 0 N–H and O–H groups in total. The number of hydrogen-bond donors (Lipinski definition) is 0. The smallest absolute Gasteiger partial charge is 0.225 e. The first-order chi connectivity index (χ1) is 17.2. The van der Waals surface area contributed by atoms with Gasteiger partial charge in [-0.2, -0.15) is 5.10 Å². The van der Waals surface area contributed by atoms with Crippen LogP contribution in [0.15, 0.2) is 30.5 Å². The summed E-state index contributed by atoms with van der Waals surface area (Å²) in [4.78, 5) is 27.6. The SMILES string of the molecule is O=C(C1CCCC1)N1CCN(c2nc(C3CCCCC3)nc3c2cnn3-c2ccccc2Cl)CC1. The van der Waals surface area contributed by atoms with Gasteiger partial charge in [0.25, 0.3) is 0 Å². The highest BCUT2D eigenvalue weighted by molar-refractivity contribution is 6.32. The summed E-state index contributed by atoms with van der Waals surface area (Å²) in [6.07, 6.45) is 12.4. The number of hydrogen-bond acceptors (Lipinski definition) is 5. The molecule has 2 saturated carbocycles. The zero-order valence-corrected chi connectivity index (χ0v) is 21.0. The summed E-state index contributed by atoms with van der Waals surface area (Å²) >= 11 is 6.54. The molecule has 0 bridgehead atoms. The first-order valence-electron chi connectivity index (χ1n) is 13.2. The van der Waals surface area contributed by atoms with Crippen molar-refractivity contribution >= 4 is 34.4 Å². The minimum Gasteiger partial charge on any atom is -0.352 e. The summed E-state index contributed by atoms with van der Waals surface area (Å²) in [7, 11) is 0. The first-order valence-corrected chi connectivity index (χ1v) is 13.6. The van der Waals surface area contributed by atoms with Gasteiger partial charge in [0.2, 0.25) is 5.91 Å². The van der Waals surface area contributed by atoms with Crippen molar-refractivity contribution in [2.75, 3.05) is 31.1 Å². The van der Waals surface area contributed by atoms with Gasteiger partial charge in [0.1, 0.15) is 11.6 Å². The molecule has 0 spiro atoms. The molecular weight excluding hydrogens is 460 g/mol. The van der Waals surface area contributed by atoms with Crippen LogP contribution in [0.5, 0.6) is 0 Å². The molecule has 184 valence electrons. The number of fused-ring (bicyclic) bond motifs is 1. The summed E-state index contributed by atoms with van der Waals surface area (Å²) in [6.45, 7) is 3.06. The number of carbonyl (C=O) groups is 1. The van der Waals surface area contributed by atoms with E-state index in [2.05, 4.69) is 9.80 Å². The lowest BCUT2D eigenvalue weighted by atomic mass is 9.88. The van der Waals surface area contributed by atoms with Crippen LogP contribution in [-0.2, 0) is 4.79 Å². The number of anilines is 1. The van der Waals surface area contributed by atoms with E-state index < -0.39 is 0 Å². The van der Waals surface area contributed by atoms with Crippen LogP contribution in [0.3, 0.4) is 0 Å². The largest absolute Gasteiger partial charge is 0.352 e. The van der Waals surface area contributed by atoms with Crippen molar-refractivity contribution in [2.24, 2.45) is 5.92 Å². The van der Waals surface area contributed by atoms with E-state index in [1.807, 2.05) is 35.1 Å². The molecule has 3 aliphatic rings. The molecule has 1 amide bonds. The summed E-state index contributed by atoms with van der Waals surface area (Å²) < 4.78 is 1.86. The average Bonchev–Trinajstić information content (AvgIpc) is 3.59. The third-order valence-corrected chi connectivity index (χ3v) is 8.39.